The van der Waals surface area contributed by atoms with E-state index in [9.17, 15) is 5.11 Å². The maximum atomic E-state index is 9.51. The molecule has 118 valence electrons. The summed E-state index contributed by atoms with van der Waals surface area (Å²) >= 11 is 0. The Kier molecular flexibility index (Phi) is 11.9. The van der Waals surface area contributed by atoms with Crippen LogP contribution in [0.5, 0.6) is 0 Å². The molecule has 0 amide bonds. The lowest BCUT2D eigenvalue weighted by Crippen LogP contribution is -2.28. The number of rotatable bonds is 8. The molecule has 2 nitrogen and oxygen atoms in total. The molecule has 0 aromatic heterocycles. The van der Waals surface area contributed by atoms with Gasteiger partial charge in [-0.3, -0.25) is 0 Å². The van der Waals surface area contributed by atoms with Gasteiger partial charge in [0.1, 0.15) is 0 Å². The minimum atomic E-state index is -0.491. The number of aliphatic hydroxyl groups excluding tert-OH is 1. The molecule has 0 radical (unpaired) electrons. The van der Waals surface area contributed by atoms with Crippen molar-refractivity contribution >= 4 is 0 Å². The molecule has 2 heteroatoms. The molecule has 0 aliphatic heterocycles. The van der Waals surface area contributed by atoms with Crippen LogP contribution in [0.3, 0.4) is 0 Å². The van der Waals surface area contributed by atoms with Gasteiger partial charge in [-0.1, -0.05) is 60.3 Å². The maximum Gasteiger partial charge on any atom is 0.0617 e. The van der Waals surface area contributed by atoms with Gasteiger partial charge in [0.05, 0.1) is 5.60 Å². The van der Waals surface area contributed by atoms with E-state index in [0.29, 0.717) is 12.5 Å². The Morgan fingerprint density at radius 3 is 1.74 bits per heavy atom. The molecular weight excluding hydrogens is 236 g/mol. The van der Waals surface area contributed by atoms with Crippen molar-refractivity contribution in [1.29, 1.82) is 0 Å². The number of unbranched alkanes of at least 4 members (excludes halogenated alkanes) is 2. The van der Waals surface area contributed by atoms with Crippen molar-refractivity contribution in [2.45, 2.75) is 92.6 Å². The first kappa shape index (κ1) is 21.2. The zero-order chi connectivity index (χ0) is 15.5. The smallest absolute Gasteiger partial charge is 0.0617 e. The van der Waals surface area contributed by atoms with Gasteiger partial charge in [-0.25, -0.2) is 0 Å². The van der Waals surface area contributed by atoms with Gasteiger partial charge in [0, 0.05) is 6.61 Å². The first-order chi connectivity index (χ1) is 8.60. The second kappa shape index (κ2) is 10.7. The van der Waals surface area contributed by atoms with E-state index >= 15 is 0 Å². The van der Waals surface area contributed by atoms with E-state index in [0.717, 1.165) is 12.8 Å². The summed E-state index contributed by atoms with van der Waals surface area (Å²) in [5, 5.41) is 18.3. The monoisotopic (exact) mass is 274 g/mol. The standard InChI is InChI=1S/C9H20O.C8H18O/c1-5-6-7-8(2)9(3,4)10;1-4-5-6-8(2,3)7-9/h8,10H,5-7H2,1-4H3;9H,4-7H2,1-3H3. The Labute approximate surface area is 121 Å². The van der Waals surface area contributed by atoms with E-state index in [1.807, 2.05) is 13.8 Å². The minimum Gasteiger partial charge on any atom is -0.396 e. The van der Waals surface area contributed by atoms with Crippen molar-refractivity contribution in [1.82, 2.24) is 0 Å². The van der Waals surface area contributed by atoms with E-state index in [1.165, 1.54) is 25.7 Å². The average Bonchev–Trinajstić information content (AvgIpc) is 2.33. The average molecular weight is 274 g/mol. The summed E-state index contributed by atoms with van der Waals surface area (Å²) in [5.41, 5.74) is -0.342. The zero-order valence-electron chi connectivity index (χ0n) is 14.4. The van der Waals surface area contributed by atoms with E-state index in [1.54, 1.807) is 0 Å². The molecule has 0 aromatic rings. The van der Waals surface area contributed by atoms with Gasteiger partial charge in [-0.05, 0) is 38.0 Å². The second-order valence-electron chi connectivity index (χ2n) is 7.12. The van der Waals surface area contributed by atoms with Gasteiger partial charge in [-0.15, -0.1) is 0 Å². The maximum absolute atomic E-state index is 9.51. The van der Waals surface area contributed by atoms with Crippen molar-refractivity contribution in [3.05, 3.63) is 0 Å². The fourth-order valence-electron chi connectivity index (χ4n) is 1.60. The summed E-state index contributed by atoms with van der Waals surface area (Å²) < 4.78 is 0. The molecule has 0 fully saturated rings. The lowest BCUT2D eigenvalue weighted by Gasteiger charge is -2.25. The minimum absolute atomic E-state index is 0.149. The molecule has 0 spiro atoms. The van der Waals surface area contributed by atoms with Crippen molar-refractivity contribution in [2.24, 2.45) is 11.3 Å². The van der Waals surface area contributed by atoms with Gasteiger partial charge in [0.2, 0.25) is 0 Å². The van der Waals surface area contributed by atoms with Crippen LogP contribution in [-0.2, 0) is 0 Å². The molecule has 0 aliphatic carbocycles. The van der Waals surface area contributed by atoms with Crippen molar-refractivity contribution in [3.8, 4) is 0 Å². The van der Waals surface area contributed by atoms with Gasteiger partial charge < -0.3 is 10.2 Å². The number of hydrogen-bond donors (Lipinski definition) is 2. The number of aliphatic hydroxyl groups is 2. The summed E-state index contributed by atoms with van der Waals surface area (Å²) in [6.07, 6.45) is 7.18. The van der Waals surface area contributed by atoms with Gasteiger partial charge in [-0.2, -0.15) is 0 Å². The van der Waals surface area contributed by atoms with Crippen LogP contribution in [0.1, 0.15) is 87.0 Å². The molecule has 0 saturated heterocycles. The molecule has 2 N–H and O–H groups in total. The number of hydrogen-bond acceptors (Lipinski definition) is 2. The molecular formula is C17H38O2. The summed E-state index contributed by atoms with van der Waals surface area (Å²) in [7, 11) is 0. The Morgan fingerprint density at radius 1 is 0.947 bits per heavy atom. The third-order valence-corrected chi connectivity index (χ3v) is 3.83. The second-order valence-corrected chi connectivity index (χ2v) is 7.12. The fraction of sp³-hybridized carbons (Fsp3) is 1.00. The molecule has 0 rings (SSSR count). The normalized spacial score (nSPS) is 13.7. The van der Waals surface area contributed by atoms with E-state index in [4.69, 9.17) is 5.11 Å². The van der Waals surface area contributed by atoms with Crippen LogP contribution < -0.4 is 0 Å². The summed E-state index contributed by atoms with van der Waals surface area (Å²) in [6.45, 7) is 14.7. The quantitative estimate of drug-likeness (QED) is 0.669. The Bertz CT molecular complexity index is 192. The first-order valence-corrected chi connectivity index (χ1v) is 7.94. The van der Waals surface area contributed by atoms with Crippen LogP contribution >= 0.6 is 0 Å². The predicted molar refractivity (Wildman–Crippen MR) is 85.4 cm³/mol. The molecule has 0 bridgehead atoms. The van der Waals surface area contributed by atoms with E-state index in [-0.39, 0.29) is 5.41 Å². The lowest BCUT2D eigenvalue weighted by molar-refractivity contribution is 0.0205. The third kappa shape index (κ3) is 14.1. The SMILES string of the molecule is CCCCC(C)(C)CO.CCCCC(C)C(C)(C)O. The Morgan fingerprint density at radius 2 is 1.42 bits per heavy atom. The molecule has 19 heavy (non-hydrogen) atoms. The van der Waals surface area contributed by atoms with Crippen molar-refractivity contribution in [2.75, 3.05) is 6.61 Å². The van der Waals surface area contributed by atoms with Crippen LogP contribution in [0, 0.1) is 11.3 Å². The van der Waals surface area contributed by atoms with Crippen LogP contribution in [0.2, 0.25) is 0 Å². The molecule has 0 aliphatic rings. The van der Waals surface area contributed by atoms with Crippen molar-refractivity contribution < 1.29 is 10.2 Å². The van der Waals surface area contributed by atoms with Crippen LogP contribution in [-0.4, -0.2) is 22.4 Å². The van der Waals surface area contributed by atoms with Gasteiger partial charge >= 0.3 is 0 Å². The van der Waals surface area contributed by atoms with E-state index in [2.05, 4.69) is 34.6 Å². The molecule has 1 atom stereocenters. The zero-order valence-corrected chi connectivity index (χ0v) is 14.4. The lowest BCUT2D eigenvalue weighted by atomic mass is 9.88. The van der Waals surface area contributed by atoms with E-state index < -0.39 is 5.60 Å². The molecule has 0 heterocycles. The Hall–Kier alpha value is -0.0800. The van der Waals surface area contributed by atoms with Crippen LogP contribution in [0.4, 0.5) is 0 Å². The summed E-state index contributed by atoms with van der Waals surface area (Å²) in [6, 6.07) is 0. The highest BCUT2D eigenvalue weighted by Crippen LogP contribution is 2.21. The third-order valence-electron chi connectivity index (χ3n) is 3.83. The molecule has 1 unspecified atom stereocenters. The fourth-order valence-corrected chi connectivity index (χ4v) is 1.60. The highest BCUT2D eigenvalue weighted by Gasteiger charge is 2.20. The summed E-state index contributed by atoms with van der Waals surface area (Å²) in [4.78, 5) is 0. The highest BCUT2D eigenvalue weighted by atomic mass is 16.3. The van der Waals surface area contributed by atoms with Gasteiger partial charge in [0.25, 0.3) is 0 Å². The summed E-state index contributed by atoms with van der Waals surface area (Å²) in [5.74, 6) is 0.424. The molecule has 0 aromatic carbocycles. The molecule has 0 saturated carbocycles. The van der Waals surface area contributed by atoms with Crippen LogP contribution in [0.15, 0.2) is 0 Å². The first-order valence-electron chi connectivity index (χ1n) is 7.94. The van der Waals surface area contributed by atoms with Gasteiger partial charge in [0.15, 0.2) is 0 Å². The predicted octanol–water partition coefficient (Wildman–Crippen LogP) is 4.78. The Balaban J connectivity index is 0. The largest absolute Gasteiger partial charge is 0.396 e. The highest BCUT2D eigenvalue weighted by molar-refractivity contribution is 4.72. The van der Waals surface area contributed by atoms with Crippen LogP contribution in [0.25, 0.3) is 0 Å². The van der Waals surface area contributed by atoms with Crippen molar-refractivity contribution in [3.63, 3.8) is 0 Å². The topological polar surface area (TPSA) is 40.5 Å².